The molecule has 3 N–H and O–H groups in total. The molecule has 4 heteroatoms. The van der Waals surface area contributed by atoms with E-state index in [2.05, 4.69) is 43.5 Å². The number of hydrogen-bond donors (Lipinski definition) is 3. The Labute approximate surface area is 331 Å². The van der Waals surface area contributed by atoms with E-state index in [0.29, 0.717) is 6.42 Å². The first-order valence-electron chi connectivity index (χ1n) is 23.7. The number of unbranched alkanes of at least 4 members (excludes halogenated alkanes) is 32. The van der Waals surface area contributed by atoms with Gasteiger partial charge in [0.15, 0.2) is 0 Å². The Hall–Kier alpha value is -1.39. The van der Waals surface area contributed by atoms with Gasteiger partial charge in [0, 0.05) is 6.42 Å². The van der Waals surface area contributed by atoms with Gasteiger partial charge < -0.3 is 15.5 Å². The van der Waals surface area contributed by atoms with Crippen LogP contribution in [0.1, 0.15) is 251 Å². The largest absolute Gasteiger partial charge is 0.394 e. The van der Waals surface area contributed by atoms with Crippen LogP contribution in [-0.4, -0.2) is 34.9 Å². The van der Waals surface area contributed by atoms with E-state index in [-0.39, 0.29) is 12.5 Å². The zero-order valence-corrected chi connectivity index (χ0v) is 35.8. The minimum atomic E-state index is -0.832. The molecule has 2 unspecified atom stereocenters. The van der Waals surface area contributed by atoms with Crippen LogP contribution in [0.4, 0.5) is 0 Å². The van der Waals surface area contributed by atoms with E-state index >= 15 is 0 Å². The minimum absolute atomic E-state index is 0.0668. The van der Waals surface area contributed by atoms with Gasteiger partial charge in [0.1, 0.15) is 0 Å². The molecule has 2 atom stereocenters. The molecular formula is C49H93NO3. The highest BCUT2D eigenvalue weighted by atomic mass is 16.3. The normalized spacial score (nSPS) is 13.2. The molecular weight excluding hydrogens is 651 g/mol. The number of carbonyl (C=O) groups excluding carboxylic acids is 1. The van der Waals surface area contributed by atoms with E-state index in [0.717, 1.165) is 32.1 Å². The van der Waals surface area contributed by atoms with E-state index < -0.39 is 12.1 Å². The SMILES string of the molecule is CCCCCC/C=C/C(O)C(CO)NC(=O)CCCCCCCCCCCCCCCCCCCCCCCCC/C=C\C/C=C\CCCCCCC. The van der Waals surface area contributed by atoms with Crippen LogP contribution in [0.3, 0.4) is 0 Å². The Morgan fingerprint density at radius 1 is 0.453 bits per heavy atom. The van der Waals surface area contributed by atoms with Gasteiger partial charge in [-0.3, -0.25) is 4.79 Å². The van der Waals surface area contributed by atoms with E-state index in [4.69, 9.17) is 0 Å². The lowest BCUT2D eigenvalue weighted by atomic mass is 10.0. The van der Waals surface area contributed by atoms with E-state index in [1.807, 2.05) is 6.08 Å². The fourth-order valence-electron chi connectivity index (χ4n) is 7.21. The molecule has 0 rings (SSSR count). The van der Waals surface area contributed by atoms with Crippen LogP contribution in [-0.2, 0) is 4.79 Å². The average molecular weight is 744 g/mol. The van der Waals surface area contributed by atoms with E-state index in [1.165, 1.54) is 199 Å². The lowest BCUT2D eigenvalue weighted by Crippen LogP contribution is -2.45. The summed E-state index contributed by atoms with van der Waals surface area (Å²) in [5.41, 5.74) is 0. The molecule has 1 amide bonds. The summed E-state index contributed by atoms with van der Waals surface area (Å²) in [4.78, 5) is 12.3. The van der Waals surface area contributed by atoms with Gasteiger partial charge in [-0.2, -0.15) is 0 Å². The van der Waals surface area contributed by atoms with E-state index in [9.17, 15) is 15.0 Å². The Kier molecular flexibility index (Phi) is 43.8. The second kappa shape index (κ2) is 45.0. The third-order valence-corrected chi connectivity index (χ3v) is 10.9. The molecule has 0 aromatic rings. The molecule has 0 aromatic heterocycles. The van der Waals surface area contributed by atoms with Gasteiger partial charge in [0.25, 0.3) is 0 Å². The number of aliphatic hydroxyl groups is 2. The zero-order valence-electron chi connectivity index (χ0n) is 35.8. The average Bonchev–Trinajstić information content (AvgIpc) is 3.16. The molecule has 4 nitrogen and oxygen atoms in total. The second-order valence-electron chi connectivity index (χ2n) is 16.2. The first-order chi connectivity index (χ1) is 26.2. The summed E-state index contributed by atoms with van der Waals surface area (Å²) in [6.07, 6.45) is 60.3. The molecule has 0 aromatic carbocycles. The molecule has 53 heavy (non-hydrogen) atoms. The van der Waals surface area contributed by atoms with Crippen molar-refractivity contribution in [1.29, 1.82) is 0 Å². The van der Waals surface area contributed by atoms with Crippen molar-refractivity contribution in [3.63, 3.8) is 0 Å². The Bertz CT molecular complexity index is 806. The maximum absolute atomic E-state index is 12.3. The number of rotatable bonds is 43. The molecule has 0 aliphatic rings. The summed E-state index contributed by atoms with van der Waals surface area (Å²) in [6.45, 7) is 4.23. The fraction of sp³-hybridized carbons (Fsp3) is 0.857. The lowest BCUT2D eigenvalue weighted by molar-refractivity contribution is -0.123. The number of carbonyl (C=O) groups is 1. The predicted molar refractivity (Wildman–Crippen MR) is 235 cm³/mol. The van der Waals surface area contributed by atoms with Crippen molar-refractivity contribution in [2.24, 2.45) is 0 Å². The number of nitrogens with one attached hydrogen (secondary N) is 1. The van der Waals surface area contributed by atoms with Gasteiger partial charge in [-0.05, 0) is 51.4 Å². The van der Waals surface area contributed by atoms with E-state index in [1.54, 1.807) is 6.08 Å². The maximum atomic E-state index is 12.3. The molecule has 0 fully saturated rings. The highest BCUT2D eigenvalue weighted by Crippen LogP contribution is 2.16. The van der Waals surface area contributed by atoms with Crippen LogP contribution in [0.15, 0.2) is 36.5 Å². The summed E-state index contributed by atoms with van der Waals surface area (Å²) in [6, 6.07) is -0.616. The Morgan fingerprint density at radius 2 is 0.774 bits per heavy atom. The third kappa shape index (κ3) is 41.6. The van der Waals surface area contributed by atoms with Crippen LogP contribution >= 0.6 is 0 Å². The highest BCUT2D eigenvalue weighted by Gasteiger charge is 2.17. The molecule has 0 saturated heterocycles. The Balaban J connectivity index is 3.34. The van der Waals surface area contributed by atoms with Crippen LogP contribution in [0.2, 0.25) is 0 Å². The summed E-state index contributed by atoms with van der Waals surface area (Å²) in [5, 5.41) is 22.7. The minimum Gasteiger partial charge on any atom is -0.394 e. The predicted octanol–water partition coefficient (Wildman–Crippen LogP) is 15.0. The molecule has 312 valence electrons. The van der Waals surface area contributed by atoms with Gasteiger partial charge in [-0.1, -0.05) is 230 Å². The lowest BCUT2D eigenvalue weighted by Gasteiger charge is -2.20. The third-order valence-electron chi connectivity index (χ3n) is 10.9. The van der Waals surface area contributed by atoms with Crippen molar-refractivity contribution in [2.75, 3.05) is 6.61 Å². The van der Waals surface area contributed by atoms with Crippen LogP contribution in [0, 0.1) is 0 Å². The summed E-state index contributed by atoms with van der Waals surface area (Å²) in [7, 11) is 0. The first kappa shape index (κ1) is 51.6. The van der Waals surface area contributed by atoms with Gasteiger partial charge >= 0.3 is 0 Å². The van der Waals surface area contributed by atoms with Gasteiger partial charge in [-0.25, -0.2) is 0 Å². The van der Waals surface area contributed by atoms with Crippen LogP contribution in [0.5, 0.6) is 0 Å². The smallest absolute Gasteiger partial charge is 0.220 e. The second-order valence-corrected chi connectivity index (χ2v) is 16.2. The zero-order chi connectivity index (χ0) is 38.6. The van der Waals surface area contributed by atoms with Crippen molar-refractivity contribution in [3.8, 4) is 0 Å². The maximum Gasteiger partial charge on any atom is 0.220 e. The molecule has 0 heterocycles. The van der Waals surface area contributed by atoms with Gasteiger partial charge in [-0.15, -0.1) is 0 Å². The standard InChI is InChI=1S/C49H93NO3/c1-3-5-7-9-11-12-13-14-15-16-17-18-19-20-21-22-23-24-25-26-27-28-29-30-31-32-33-34-35-36-37-38-39-41-43-45-49(53)50-47(46-51)48(52)44-42-40-10-8-6-4-2/h13-14,16-17,42,44,47-48,51-52H,3-12,15,18-41,43,45-46H2,1-2H3,(H,50,53)/b14-13-,17-16-,44-42+. The van der Waals surface area contributed by atoms with Crippen molar-refractivity contribution >= 4 is 5.91 Å². The van der Waals surface area contributed by atoms with Crippen LogP contribution < -0.4 is 5.32 Å². The van der Waals surface area contributed by atoms with Crippen molar-refractivity contribution in [3.05, 3.63) is 36.5 Å². The number of amides is 1. The molecule has 0 aliphatic heterocycles. The molecule has 0 saturated carbocycles. The van der Waals surface area contributed by atoms with Crippen LogP contribution in [0.25, 0.3) is 0 Å². The number of hydrogen-bond acceptors (Lipinski definition) is 3. The first-order valence-corrected chi connectivity index (χ1v) is 23.7. The van der Waals surface area contributed by atoms with Crippen molar-refractivity contribution in [1.82, 2.24) is 5.32 Å². The topological polar surface area (TPSA) is 69.6 Å². The highest BCUT2D eigenvalue weighted by molar-refractivity contribution is 5.76. The fourth-order valence-corrected chi connectivity index (χ4v) is 7.21. The summed E-state index contributed by atoms with van der Waals surface area (Å²) in [5.74, 6) is -0.0668. The molecule has 0 aliphatic carbocycles. The van der Waals surface area contributed by atoms with Crippen molar-refractivity contribution in [2.45, 2.75) is 264 Å². The van der Waals surface area contributed by atoms with Gasteiger partial charge in [0.05, 0.1) is 18.8 Å². The number of aliphatic hydroxyl groups excluding tert-OH is 2. The summed E-state index contributed by atoms with van der Waals surface area (Å²) >= 11 is 0. The molecule has 0 bridgehead atoms. The monoisotopic (exact) mass is 744 g/mol. The quantitative estimate of drug-likeness (QED) is 0.0430. The molecule has 0 radical (unpaired) electrons. The summed E-state index contributed by atoms with van der Waals surface area (Å²) < 4.78 is 0. The Morgan fingerprint density at radius 3 is 1.15 bits per heavy atom. The molecule has 0 spiro atoms. The number of allylic oxidation sites excluding steroid dienone is 5. The van der Waals surface area contributed by atoms with Crippen molar-refractivity contribution < 1.29 is 15.0 Å². The van der Waals surface area contributed by atoms with Gasteiger partial charge in [0.2, 0.25) is 5.91 Å².